The van der Waals surface area contributed by atoms with E-state index in [-0.39, 0.29) is 21.7 Å². The Kier molecular flexibility index (Phi) is 6.77. The first-order chi connectivity index (χ1) is 13.8. The monoisotopic (exact) mass is 488 g/mol. The van der Waals surface area contributed by atoms with E-state index in [1.807, 2.05) is 6.07 Å². The maximum Gasteiger partial charge on any atom is 0.149 e. The van der Waals surface area contributed by atoms with Gasteiger partial charge in [0.1, 0.15) is 17.2 Å². The molecule has 2 rings (SSSR count). The minimum absolute atomic E-state index is 0.0850. The summed E-state index contributed by atoms with van der Waals surface area (Å²) in [5, 5.41) is 11.4. The van der Waals surface area contributed by atoms with Crippen LogP contribution in [0.3, 0.4) is 0 Å². The van der Waals surface area contributed by atoms with Gasteiger partial charge >= 0.3 is 0 Å². The second-order valence-corrected chi connectivity index (χ2v) is 13.6. The molecular weight excluding hydrogens is 448 g/mol. The molecule has 0 aliphatic heterocycles. The van der Waals surface area contributed by atoms with Crippen molar-refractivity contribution in [2.24, 2.45) is 0 Å². The number of benzene rings is 2. The Bertz CT molecular complexity index is 927. The van der Waals surface area contributed by atoms with Gasteiger partial charge in [-0.25, -0.2) is 0 Å². The van der Waals surface area contributed by atoms with Crippen LogP contribution in [0.4, 0.5) is 0 Å². The zero-order valence-corrected chi connectivity index (χ0v) is 23.1. The summed E-state index contributed by atoms with van der Waals surface area (Å²) in [5.74, 6) is 1.90. The molecule has 0 atom stereocenters. The third-order valence-corrected chi connectivity index (χ3v) is 6.19. The quantitative estimate of drug-likeness (QED) is 0.456. The van der Waals surface area contributed by atoms with Crippen molar-refractivity contribution in [1.82, 2.24) is 0 Å². The van der Waals surface area contributed by atoms with Crippen molar-refractivity contribution >= 4 is 15.9 Å². The molecule has 0 saturated carbocycles. The Morgan fingerprint density at radius 3 is 1.42 bits per heavy atom. The van der Waals surface area contributed by atoms with Gasteiger partial charge < -0.3 is 9.84 Å². The van der Waals surface area contributed by atoms with Crippen molar-refractivity contribution in [2.45, 2.75) is 105 Å². The topological polar surface area (TPSA) is 29.5 Å². The Hall–Kier alpha value is -1.48. The summed E-state index contributed by atoms with van der Waals surface area (Å²) in [6, 6.07) is 8.43. The van der Waals surface area contributed by atoms with Gasteiger partial charge in [-0.3, -0.25) is 0 Å². The smallest absolute Gasteiger partial charge is 0.149 e. The molecule has 0 saturated heterocycles. The Labute approximate surface area is 198 Å². The molecule has 0 heterocycles. The second-order valence-electron chi connectivity index (χ2n) is 12.7. The highest BCUT2D eigenvalue weighted by atomic mass is 79.9. The molecule has 0 aliphatic carbocycles. The Morgan fingerprint density at radius 1 is 0.645 bits per heavy atom. The molecule has 31 heavy (non-hydrogen) atoms. The molecule has 0 radical (unpaired) electrons. The first-order valence-corrected chi connectivity index (χ1v) is 11.9. The minimum Gasteiger partial charge on any atom is -0.507 e. The number of hydrogen-bond acceptors (Lipinski definition) is 2. The Balaban J connectivity index is 2.92. The van der Waals surface area contributed by atoms with Crippen LogP contribution in [0, 0.1) is 0 Å². The number of phenols is 1. The molecule has 0 aliphatic rings. The summed E-state index contributed by atoms with van der Waals surface area (Å²) in [6.45, 7) is 26.0. The van der Waals surface area contributed by atoms with Crippen LogP contribution in [0.2, 0.25) is 0 Å². The first-order valence-electron chi connectivity index (χ1n) is 11.1. The largest absolute Gasteiger partial charge is 0.507 e. The fraction of sp³-hybridized carbons (Fsp3) is 0.571. The summed E-state index contributed by atoms with van der Waals surface area (Å²) in [7, 11) is 0. The van der Waals surface area contributed by atoms with Crippen LogP contribution in [0.5, 0.6) is 17.2 Å². The van der Waals surface area contributed by atoms with Crippen molar-refractivity contribution in [3.05, 3.63) is 51.0 Å². The molecule has 1 N–H and O–H groups in total. The third-order valence-electron chi connectivity index (χ3n) is 5.60. The second kappa shape index (κ2) is 8.14. The van der Waals surface area contributed by atoms with E-state index in [4.69, 9.17) is 4.74 Å². The van der Waals surface area contributed by atoms with Crippen LogP contribution < -0.4 is 4.74 Å². The maximum absolute atomic E-state index is 11.4. The fourth-order valence-electron chi connectivity index (χ4n) is 3.92. The molecule has 0 aromatic heterocycles. The molecule has 0 bridgehead atoms. The Morgan fingerprint density at radius 2 is 1.06 bits per heavy atom. The highest BCUT2D eigenvalue weighted by Gasteiger charge is 2.33. The minimum atomic E-state index is -0.304. The lowest BCUT2D eigenvalue weighted by Crippen LogP contribution is -2.21. The standard InChI is InChI=1S/C28H41BrO2/c1-25(2,3)17-14-13-15-18(26(4,5)6)23(17)31-24-20(29)16-19(27(7,8)9)22(30)21(24)28(10,11)12/h13-16,30H,1-12H3. The van der Waals surface area contributed by atoms with Crippen LogP contribution in [0.15, 0.2) is 28.7 Å². The van der Waals surface area contributed by atoms with Gasteiger partial charge in [-0.2, -0.15) is 0 Å². The summed E-state index contributed by atoms with van der Waals surface area (Å²) in [4.78, 5) is 0. The lowest BCUT2D eigenvalue weighted by molar-refractivity contribution is 0.388. The van der Waals surface area contributed by atoms with Gasteiger partial charge in [0.2, 0.25) is 0 Å². The van der Waals surface area contributed by atoms with Crippen molar-refractivity contribution in [3.63, 3.8) is 0 Å². The van der Waals surface area contributed by atoms with Gasteiger partial charge in [0, 0.05) is 22.3 Å². The van der Waals surface area contributed by atoms with Crippen LogP contribution in [0.25, 0.3) is 0 Å². The van der Waals surface area contributed by atoms with Gasteiger partial charge in [-0.05, 0) is 43.7 Å². The fourth-order valence-corrected chi connectivity index (χ4v) is 4.43. The van der Waals surface area contributed by atoms with Crippen LogP contribution >= 0.6 is 15.9 Å². The van der Waals surface area contributed by atoms with Gasteiger partial charge in [0.05, 0.1) is 4.47 Å². The van der Waals surface area contributed by atoms with Crippen molar-refractivity contribution < 1.29 is 9.84 Å². The van der Waals surface area contributed by atoms with Crippen molar-refractivity contribution in [1.29, 1.82) is 0 Å². The van der Waals surface area contributed by atoms with Gasteiger partial charge in [-0.15, -0.1) is 0 Å². The van der Waals surface area contributed by atoms with Gasteiger partial charge in [0.25, 0.3) is 0 Å². The number of aromatic hydroxyl groups is 1. The van der Waals surface area contributed by atoms with E-state index in [0.717, 1.165) is 32.5 Å². The number of para-hydroxylation sites is 1. The molecule has 172 valence electrons. The lowest BCUT2D eigenvalue weighted by Gasteiger charge is -2.33. The predicted molar refractivity (Wildman–Crippen MR) is 137 cm³/mol. The molecule has 0 amide bonds. The normalized spacial score (nSPS) is 13.5. The molecule has 0 unspecified atom stereocenters. The lowest BCUT2D eigenvalue weighted by atomic mass is 9.78. The van der Waals surface area contributed by atoms with E-state index in [1.54, 1.807) is 0 Å². The molecule has 2 aromatic rings. The number of rotatable bonds is 2. The van der Waals surface area contributed by atoms with Crippen LogP contribution in [0.1, 0.15) is 105 Å². The predicted octanol–water partition coefficient (Wildman–Crippen LogP) is 9.14. The highest BCUT2D eigenvalue weighted by Crippen LogP contribution is 2.51. The van der Waals surface area contributed by atoms with E-state index in [1.165, 1.54) is 0 Å². The molecule has 3 heteroatoms. The zero-order valence-electron chi connectivity index (χ0n) is 21.5. The number of hydrogen-bond donors (Lipinski definition) is 1. The average Bonchev–Trinajstić information content (AvgIpc) is 2.53. The van der Waals surface area contributed by atoms with Crippen LogP contribution in [-0.2, 0) is 21.7 Å². The zero-order chi connectivity index (χ0) is 24.2. The third kappa shape index (κ3) is 5.48. The maximum atomic E-state index is 11.4. The van der Waals surface area contributed by atoms with Gasteiger partial charge in [0.15, 0.2) is 0 Å². The SMILES string of the molecule is CC(C)(C)c1cc(Br)c(Oc2c(C(C)(C)C)cccc2C(C)(C)C)c(C(C)(C)C)c1O. The van der Waals surface area contributed by atoms with Gasteiger partial charge in [-0.1, -0.05) is 101 Å². The van der Waals surface area contributed by atoms with E-state index < -0.39 is 0 Å². The summed E-state index contributed by atoms with van der Waals surface area (Å²) < 4.78 is 7.69. The molecule has 0 spiro atoms. The van der Waals surface area contributed by atoms with E-state index in [2.05, 4.69) is 117 Å². The van der Waals surface area contributed by atoms with E-state index in [9.17, 15) is 5.11 Å². The average molecular weight is 490 g/mol. The van der Waals surface area contributed by atoms with Crippen molar-refractivity contribution in [3.8, 4) is 17.2 Å². The van der Waals surface area contributed by atoms with Crippen molar-refractivity contribution in [2.75, 3.05) is 0 Å². The van der Waals surface area contributed by atoms with E-state index in [0.29, 0.717) is 11.5 Å². The number of ether oxygens (including phenoxy) is 1. The summed E-state index contributed by atoms with van der Waals surface area (Å²) >= 11 is 3.79. The molecular formula is C28H41BrO2. The molecule has 0 fully saturated rings. The number of halogens is 1. The highest BCUT2D eigenvalue weighted by molar-refractivity contribution is 9.10. The molecule has 2 nitrogen and oxygen atoms in total. The van der Waals surface area contributed by atoms with E-state index >= 15 is 0 Å². The summed E-state index contributed by atoms with van der Waals surface area (Å²) in [5.41, 5.74) is 3.40. The first kappa shape index (κ1) is 25.8. The summed E-state index contributed by atoms with van der Waals surface area (Å²) in [6.07, 6.45) is 0. The van der Waals surface area contributed by atoms with Crippen LogP contribution in [-0.4, -0.2) is 5.11 Å². The molecule has 2 aromatic carbocycles. The number of phenolic OH excluding ortho intramolecular Hbond substituents is 1.